The van der Waals surface area contributed by atoms with Gasteiger partial charge in [-0.05, 0) is 53.2 Å². The van der Waals surface area contributed by atoms with Crippen molar-refractivity contribution in [2.24, 2.45) is 0 Å². The zero-order valence-electron chi connectivity index (χ0n) is 11.7. The number of methoxy groups -OCH3 is 1. The van der Waals surface area contributed by atoms with Gasteiger partial charge in [0.15, 0.2) is 5.78 Å². The van der Waals surface area contributed by atoms with Crippen molar-refractivity contribution in [3.05, 3.63) is 57.0 Å². The molecule has 2 aromatic rings. The summed E-state index contributed by atoms with van der Waals surface area (Å²) in [5, 5.41) is 0.355. The summed E-state index contributed by atoms with van der Waals surface area (Å²) in [5.41, 5.74) is 0.978. The summed E-state index contributed by atoms with van der Waals surface area (Å²) >= 11 is 9.52. The van der Waals surface area contributed by atoms with Gasteiger partial charge in [0.05, 0.1) is 23.2 Å². The van der Waals surface area contributed by atoms with Crippen molar-refractivity contribution >= 4 is 33.3 Å². The van der Waals surface area contributed by atoms with E-state index in [1.165, 1.54) is 0 Å². The number of rotatable bonds is 5. The fraction of sp³-hybridized carbons (Fsp3) is 0.188. The Balaban J connectivity index is 2.33. The minimum atomic E-state index is -0.147. The van der Waals surface area contributed by atoms with Gasteiger partial charge in [-0.2, -0.15) is 0 Å². The van der Waals surface area contributed by atoms with Crippen LogP contribution >= 0.6 is 27.5 Å². The predicted molar refractivity (Wildman–Crippen MR) is 86.7 cm³/mol. The molecule has 21 heavy (non-hydrogen) atoms. The van der Waals surface area contributed by atoms with E-state index >= 15 is 0 Å². The van der Waals surface area contributed by atoms with Gasteiger partial charge >= 0.3 is 0 Å². The molecular formula is C16H14BrClO3. The van der Waals surface area contributed by atoms with Crippen LogP contribution in [0, 0.1) is 0 Å². The van der Waals surface area contributed by atoms with Crippen LogP contribution in [-0.4, -0.2) is 19.5 Å². The first-order valence-electron chi connectivity index (χ1n) is 6.37. The molecule has 0 fully saturated rings. The molecule has 0 saturated carbocycles. The quantitative estimate of drug-likeness (QED) is 0.714. The van der Waals surface area contributed by atoms with Crippen molar-refractivity contribution in [2.45, 2.75) is 6.92 Å². The lowest BCUT2D eigenvalue weighted by molar-refractivity contribution is 0.103. The van der Waals surface area contributed by atoms with Gasteiger partial charge in [-0.3, -0.25) is 4.79 Å². The number of hydrogen-bond donors (Lipinski definition) is 0. The van der Waals surface area contributed by atoms with Gasteiger partial charge in [0.2, 0.25) is 0 Å². The molecule has 0 amide bonds. The summed E-state index contributed by atoms with van der Waals surface area (Å²) in [6.45, 7) is 2.50. The molecule has 0 aliphatic heterocycles. The number of benzene rings is 2. The molecule has 0 bridgehead atoms. The zero-order valence-corrected chi connectivity index (χ0v) is 14.0. The highest BCUT2D eigenvalue weighted by molar-refractivity contribution is 9.10. The van der Waals surface area contributed by atoms with Crippen LogP contribution < -0.4 is 9.47 Å². The van der Waals surface area contributed by atoms with Gasteiger partial charge in [-0.25, -0.2) is 0 Å². The molecule has 0 saturated heterocycles. The Bertz CT molecular complexity index is 653. The summed E-state index contributed by atoms with van der Waals surface area (Å²) in [6, 6.07) is 10.3. The number of halogens is 2. The smallest absolute Gasteiger partial charge is 0.194 e. The molecule has 0 N–H and O–H groups in total. The van der Waals surface area contributed by atoms with Crippen LogP contribution in [0.3, 0.4) is 0 Å². The molecule has 0 spiro atoms. The average Bonchev–Trinajstić information content (AvgIpc) is 2.49. The lowest BCUT2D eigenvalue weighted by atomic mass is 10.0. The standard InChI is InChI=1S/C16H14BrClO3/c1-3-21-11-6-4-10(5-7-11)16(19)12-8-13(17)15(20-2)9-14(12)18/h4-9H,3H2,1-2H3. The molecule has 2 rings (SSSR count). The summed E-state index contributed by atoms with van der Waals surface area (Å²) in [6.07, 6.45) is 0. The largest absolute Gasteiger partial charge is 0.496 e. The van der Waals surface area contributed by atoms with E-state index in [9.17, 15) is 4.79 Å². The lowest BCUT2D eigenvalue weighted by Crippen LogP contribution is -2.03. The van der Waals surface area contributed by atoms with E-state index in [-0.39, 0.29) is 5.78 Å². The first-order valence-corrected chi connectivity index (χ1v) is 7.54. The van der Waals surface area contributed by atoms with Crippen LogP contribution in [0.1, 0.15) is 22.8 Å². The summed E-state index contributed by atoms with van der Waals surface area (Å²) < 4.78 is 11.2. The van der Waals surface area contributed by atoms with Gasteiger partial charge in [-0.1, -0.05) is 11.6 Å². The Kier molecular flexibility index (Phi) is 5.26. The number of carbonyl (C=O) groups excluding carboxylic acids is 1. The molecule has 0 radical (unpaired) electrons. The maximum absolute atomic E-state index is 12.5. The third-order valence-corrected chi connectivity index (χ3v) is 3.85. The van der Waals surface area contributed by atoms with E-state index in [2.05, 4.69) is 15.9 Å². The fourth-order valence-corrected chi connectivity index (χ4v) is 2.63. The predicted octanol–water partition coefficient (Wildman–Crippen LogP) is 4.74. The van der Waals surface area contributed by atoms with Crippen LogP contribution in [-0.2, 0) is 0 Å². The Morgan fingerprint density at radius 3 is 2.48 bits per heavy atom. The number of ketones is 1. The van der Waals surface area contributed by atoms with Gasteiger partial charge < -0.3 is 9.47 Å². The molecule has 0 aliphatic rings. The molecule has 0 aliphatic carbocycles. The Morgan fingerprint density at radius 1 is 1.24 bits per heavy atom. The first-order chi connectivity index (χ1) is 10.1. The van der Waals surface area contributed by atoms with Gasteiger partial charge in [0, 0.05) is 17.2 Å². The average molecular weight is 370 g/mol. The van der Waals surface area contributed by atoms with Crippen LogP contribution in [0.4, 0.5) is 0 Å². The summed E-state index contributed by atoms with van der Waals surface area (Å²) in [4.78, 5) is 12.5. The van der Waals surface area contributed by atoms with E-state index in [0.717, 1.165) is 5.75 Å². The Labute approximate surface area is 137 Å². The molecule has 3 nitrogen and oxygen atoms in total. The van der Waals surface area contributed by atoms with Gasteiger partial charge in [0.1, 0.15) is 11.5 Å². The van der Waals surface area contributed by atoms with Crippen molar-refractivity contribution in [2.75, 3.05) is 13.7 Å². The summed E-state index contributed by atoms with van der Waals surface area (Å²) in [7, 11) is 1.55. The fourth-order valence-electron chi connectivity index (χ4n) is 1.88. The van der Waals surface area contributed by atoms with Crippen LogP contribution in [0.25, 0.3) is 0 Å². The molecule has 2 aromatic carbocycles. The second-order valence-electron chi connectivity index (χ2n) is 4.25. The molecular weight excluding hydrogens is 356 g/mol. The van der Waals surface area contributed by atoms with Gasteiger partial charge in [0.25, 0.3) is 0 Å². The SMILES string of the molecule is CCOc1ccc(C(=O)c2cc(Br)c(OC)cc2Cl)cc1. The molecule has 0 aromatic heterocycles. The Hall–Kier alpha value is -1.52. The second kappa shape index (κ2) is 6.96. The first kappa shape index (κ1) is 15.9. The maximum atomic E-state index is 12.5. The zero-order chi connectivity index (χ0) is 15.4. The van der Waals surface area contributed by atoms with Crippen LogP contribution in [0.15, 0.2) is 40.9 Å². The minimum Gasteiger partial charge on any atom is -0.496 e. The molecule has 0 heterocycles. The van der Waals surface area contributed by atoms with Gasteiger partial charge in [-0.15, -0.1) is 0 Å². The Morgan fingerprint density at radius 2 is 1.90 bits per heavy atom. The van der Waals surface area contributed by atoms with Crippen molar-refractivity contribution in [3.8, 4) is 11.5 Å². The van der Waals surface area contributed by atoms with Crippen molar-refractivity contribution < 1.29 is 14.3 Å². The number of ether oxygens (including phenoxy) is 2. The topological polar surface area (TPSA) is 35.5 Å². The second-order valence-corrected chi connectivity index (χ2v) is 5.51. The highest BCUT2D eigenvalue weighted by atomic mass is 79.9. The maximum Gasteiger partial charge on any atom is 0.194 e. The monoisotopic (exact) mass is 368 g/mol. The molecule has 5 heteroatoms. The van der Waals surface area contributed by atoms with E-state index < -0.39 is 0 Å². The number of hydrogen-bond acceptors (Lipinski definition) is 3. The highest BCUT2D eigenvalue weighted by Crippen LogP contribution is 2.32. The highest BCUT2D eigenvalue weighted by Gasteiger charge is 2.16. The van der Waals surface area contributed by atoms with E-state index in [0.29, 0.717) is 33.0 Å². The van der Waals surface area contributed by atoms with E-state index in [1.54, 1.807) is 43.5 Å². The van der Waals surface area contributed by atoms with Crippen molar-refractivity contribution in [1.29, 1.82) is 0 Å². The molecule has 0 unspecified atom stereocenters. The van der Waals surface area contributed by atoms with Crippen LogP contribution in [0.2, 0.25) is 5.02 Å². The molecule has 110 valence electrons. The lowest BCUT2D eigenvalue weighted by Gasteiger charge is -2.09. The van der Waals surface area contributed by atoms with Crippen LogP contribution in [0.5, 0.6) is 11.5 Å². The number of carbonyl (C=O) groups is 1. The minimum absolute atomic E-state index is 0.147. The molecule has 0 atom stereocenters. The third kappa shape index (κ3) is 3.57. The van der Waals surface area contributed by atoms with E-state index in [1.807, 2.05) is 6.92 Å². The third-order valence-electron chi connectivity index (χ3n) is 2.91. The summed E-state index contributed by atoms with van der Waals surface area (Å²) in [5.74, 6) is 1.17. The van der Waals surface area contributed by atoms with E-state index in [4.69, 9.17) is 21.1 Å². The van der Waals surface area contributed by atoms with Crippen molar-refractivity contribution in [3.63, 3.8) is 0 Å². The normalized spacial score (nSPS) is 10.3. The van der Waals surface area contributed by atoms with Crippen molar-refractivity contribution in [1.82, 2.24) is 0 Å².